The maximum atomic E-state index is 12.3. The Morgan fingerprint density at radius 1 is 1.26 bits per heavy atom. The zero-order valence-corrected chi connectivity index (χ0v) is 11.7. The van der Waals surface area contributed by atoms with Gasteiger partial charge in [0.25, 0.3) is 0 Å². The summed E-state index contributed by atoms with van der Waals surface area (Å²) in [6.45, 7) is 8.43. The molecule has 2 rings (SSSR count). The normalized spacial score (nSPS) is 16.5. The highest BCUT2D eigenvalue weighted by Gasteiger charge is 2.17. The van der Waals surface area contributed by atoms with Gasteiger partial charge in [0.1, 0.15) is 5.75 Å². The summed E-state index contributed by atoms with van der Waals surface area (Å²) in [5.41, 5.74) is 2.11. The summed E-state index contributed by atoms with van der Waals surface area (Å²) in [7, 11) is 0. The first-order valence-electron chi connectivity index (χ1n) is 6.85. The molecule has 0 aliphatic carbocycles. The molecule has 1 heterocycles. The van der Waals surface area contributed by atoms with Crippen LogP contribution in [-0.2, 0) is 0 Å². The molecule has 2 N–H and O–H groups in total. The van der Waals surface area contributed by atoms with Gasteiger partial charge in [0.05, 0.1) is 5.56 Å². The van der Waals surface area contributed by atoms with Crippen molar-refractivity contribution in [2.24, 2.45) is 0 Å². The lowest BCUT2D eigenvalue weighted by atomic mass is 9.98. The van der Waals surface area contributed by atoms with Crippen LogP contribution in [0, 0.1) is 13.8 Å². The minimum atomic E-state index is 0.0391. The summed E-state index contributed by atoms with van der Waals surface area (Å²) >= 11 is 0. The van der Waals surface area contributed by atoms with Crippen LogP contribution in [-0.4, -0.2) is 48.5 Å². The first-order valence-corrected chi connectivity index (χ1v) is 6.85. The van der Waals surface area contributed by atoms with Crippen LogP contribution in [0.3, 0.4) is 0 Å². The summed E-state index contributed by atoms with van der Waals surface area (Å²) in [6.07, 6.45) is 0.470. The topological polar surface area (TPSA) is 52.6 Å². The van der Waals surface area contributed by atoms with Crippen molar-refractivity contribution in [1.29, 1.82) is 0 Å². The molecule has 0 saturated carbocycles. The molecule has 0 amide bonds. The van der Waals surface area contributed by atoms with Gasteiger partial charge in [-0.1, -0.05) is 12.1 Å². The van der Waals surface area contributed by atoms with Crippen LogP contribution in [0.1, 0.15) is 27.9 Å². The number of aryl methyl sites for hydroxylation is 2. The van der Waals surface area contributed by atoms with Crippen molar-refractivity contribution in [3.05, 3.63) is 28.8 Å². The molecule has 19 heavy (non-hydrogen) atoms. The number of piperazine rings is 1. The monoisotopic (exact) mass is 262 g/mol. The number of benzene rings is 1. The Kier molecular flexibility index (Phi) is 4.56. The predicted molar refractivity (Wildman–Crippen MR) is 75.8 cm³/mol. The second-order valence-electron chi connectivity index (χ2n) is 5.19. The van der Waals surface area contributed by atoms with Gasteiger partial charge in [0.2, 0.25) is 0 Å². The molecule has 1 saturated heterocycles. The smallest absolute Gasteiger partial charge is 0.168 e. The van der Waals surface area contributed by atoms with Crippen LogP contribution in [0.25, 0.3) is 0 Å². The Balaban J connectivity index is 2.01. The number of nitrogens with one attached hydrogen (secondary N) is 1. The van der Waals surface area contributed by atoms with E-state index in [0.29, 0.717) is 12.0 Å². The highest BCUT2D eigenvalue weighted by atomic mass is 16.3. The van der Waals surface area contributed by atoms with Gasteiger partial charge in [-0.15, -0.1) is 0 Å². The maximum absolute atomic E-state index is 12.3. The Bertz CT molecular complexity index is 465. The van der Waals surface area contributed by atoms with Gasteiger partial charge >= 0.3 is 0 Å². The number of nitrogens with zero attached hydrogens (tertiary/aromatic N) is 1. The number of carbonyl (C=O) groups excluding carboxylic acids is 1. The second-order valence-corrected chi connectivity index (χ2v) is 5.19. The van der Waals surface area contributed by atoms with Crippen LogP contribution in [0.5, 0.6) is 5.75 Å². The van der Waals surface area contributed by atoms with Crippen molar-refractivity contribution in [3.63, 3.8) is 0 Å². The van der Waals surface area contributed by atoms with Crippen molar-refractivity contribution in [2.75, 3.05) is 32.7 Å². The summed E-state index contributed by atoms with van der Waals surface area (Å²) in [5.74, 6) is 0.183. The van der Waals surface area contributed by atoms with Crippen molar-refractivity contribution in [3.8, 4) is 5.75 Å². The number of hydrogen-bond donors (Lipinski definition) is 2. The van der Waals surface area contributed by atoms with E-state index in [1.165, 1.54) is 0 Å². The number of phenols is 1. The number of Topliss-reactive ketones (excluding diaryl/α,β-unsaturated/α-hetero) is 1. The summed E-state index contributed by atoms with van der Waals surface area (Å²) < 4.78 is 0. The Morgan fingerprint density at radius 2 is 1.89 bits per heavy atom. The van der Waals surface area contributed by atoms with Crippen LogP contribution in [0.2, 0.25) is 0 Å². The van der Waals surface area contributed by atoms with Crippen LogP contribution >= 0.6 is 0 Å². The van der Waals surface area contributed by atoms with E-state index in [1.54, 1.807) is 0 Å². The number of hydrogen-bond acceptors (Lipinski definition) is 4. The lowest BCUT2D eigenvalue weighted by molar-refractivity contribution is 0.0957. The van der Waals surface area contributed by atoms with Gasteiger partial charge < -0.3 is 15.3 Å². The lowest BCUT2D eigenvalue weighted by Gasteiger charge is -2.26. The standard InChI is InChI=1S/C15H22N2O2/c1-11-3-4-12(2)15(19)14(11)13(18)5-8-17-9-6-16-7-10-17/h3-4,16,19H,5-10H2,1-2H3. The molecule has 4 nitrogen and oxygen atoms in total. The molecule has 0 atom stereocenters. The minimum Gasteiger partial charge on any atom is -0.507 e. The number of ketones is 1. The molecular weight excluding hydrogens is 240 g/mol. The lowest BCUT2D eigenvalue weighted by Crippen LogP contribution is -2.44. The number of carbonyl (C=O) groups is 1. The molecule has 0 unspecified atom stereocenters. The Labute approximate surface area is 114 Å². The molecule has 1 fully saturated rings. The predicted octanol–water partition coefficient (Wildman–Crippen LogP) is 1.49. The average molecular weight is 262 g/mol. The molecule has 1 aromatic carbocycles. The van der Waals surface area contributed by atoms with E-state index >= 15 is 0 Å². The zero-order chi connectivity index (χ0) is 13.8. The molecule has 0 aromatic heterocycles. The third-order valence-electron chi connectivity index (χ3n) is 3.73. The SMILES string of the molecule is Cc1ccc(C)c(C(=O)CCN2CCNCC2)c1O. The molecule has 1 aromatic rings. The Hall–Kier alpha value is -1.39. The summed E-state index contributed by atoms with van der Waals surface area (Å²) in [6, 6.07) is 3.74. The first kappa shape index (κ1) is 14.0. The van der Waals surface area contributed by atoms with Crippen molar-refractivity contribution >= 4 is 5.78 Å². The molecule has 0 spiro atoms. The fourth-order valence-corrected chi connectivity index (χ4v) is 2.47. The van der Waals surface area contributed by atoms with Gasteiger partial charge in [-0.3, -0.25) is 4.79 Å². The molecule has 1 aliphatic rings. The van der Waals surface area contributed by atoms with Crippen LogP contribution in [0.4, 0.5) is 0 Å². The number of phenolic OH excluding ortho intramolecular Hbond substituents is 1. The van der Waals surface area contributed by atoms with Gasteiger partial charge in [-0.05, 0) is 25.0 Å². The van der Waals surface area contributed by atoms with Crippen molar-refractivity contribution in [2.45, 2.75) is 20.3 Å². The maximum Gasteiger partial charge on any atom is 0.168 e. The van der Waals surface area contributed by atoms with E-state index in [2.05, 4.69) is 10.2 Å². The molecule has 0 radical (unpaired) electrons. The molecule has 0 bridgehead atoms. The second kappa shape index (κ2) is 6.17. The first-order chi connectivity index (χ1) is 9.09. The highest BCUT2D eigenvalue weighted by Crippen LogP contribution is 2.26. The molecule has 104 valence electrons. The van der Waals surface area contributed by atoms with E-state index in [4.69, 9.17) is 0 Å². The van der Waals surface area contributed by atoms with E-state index in [9.17, 15) is 9.90 Å². The fourth-order valence-electron chi connectivity index (χ4n) is 2.47. The molecule has 4 heteroatoms. The van der Waals surface area contributed by atoms with Gasteiger partial charge in [-0.25, -0.2) is 0 Å². The van der Waals surface area contributed by atoms with Gasteiger partial charge in [0, 0.05) is 39.1 Å². The van der Waals surface area contributed by atoms with Gasteiger partial charge in [-0.2, -0.15) is 0 Å². The number of rotatable bonds is 4. The molecule has 1 aliphatic heterocycles. The summed E-state index contributed by atoms with van der Waals surface area (Å²) in [4.78, 5) is 14.6. The zero-order valence-electron chi connectivity index (χ0n) is 11.7. The van der Waals surface area contributed by atoms with E-state index in [0.717, 1.165) is 43.9 Å². The fraction of sp³-hybridized carbons (Fsp3) is 0.533. The van der Waals surface area contributed by atoms with Crippen molar-refractivity contribution < 1.29 is 9.90 Å². The highest BCUT2D eigenvalue weighted by molar-refractivity contribution is 6.00. The molecular formula is C15H22N2O2. The third-order valence-corrected chi connectivity index (χ3v) is 3.73. The van der Waals surface area contributed by atoms with Crippen LogP contribution in [0.15, 0.2) is 12.1 Å². The van der Waals surface area contributed by atoms with Crippen molar-refractivity contribution in [1.82, 2.24) is 10.2 Å². The van der Waals surface area contributed by atoms with E-state index in [-0.39, 0.29) is 11.5 Å². The Morgan fingerprint density at radius 3 is 2.58 bits per heavy atom. The van der Waals surface area contributed by atoms with Crippen LogP contribution < -0.4 is 5.32 Å². The quantitative estimate of drug-likeness (QED) is 0.807. The third kappa shape index (κ3) is 3.33. The van der Waals surface area contributed by atoms with E-state index in [1.807, 2.05) is 26.0 Å². The average Bonchev–Trinajstić information content (AvgIpc) is 2.42. The minimum absolute atomic E-state index is 0.0391. The van der Waals surface area contributed by atoms with Gasteiger partial charge in [0.15, 0.2) is 5.78 Å². The largest absolute Gasteiger partial charge is 0.507 e. The number of aromatic hydroxyl groups is 1. The van der Waals surface area contributed by atoms with E-state index < -0.39 is 0 Å². The summed E-state index contributed by atoms with van der Waals surface area (Å²) in [5, 5.41) is 13.3.